The molecule has 23 heavy (non-hydrogen) atoms. The molecule has 5 nitrogen and oxygen atoms in total. The van der Waals surface area contributed by atoms with Crippen molar-refractivity contribution in [2.24, 2.45) is 0 Å². The molecule has 8 heteroatoms. The number of rotatable bonds is 6. The number of thiazole rings is 1. The van der Waals surface area contributed by atoms with Gasteiger partial charge in [0.2, 0.25) is 0 Å². The first-order valence-corrected chi connectivity index (χ1v) is 7.85. The molecule has 0 radical (unpaired) electrons. The summed E-state index contributed by atoms with van der Waals surface area (Å²) in [6.07, 6.45) is 2.33. The third-order valence-electron chi connectivity index (χ3n) is 3.32. The predicted molar refractivity (Wildman–Crippen MR) is 85.0 cm³/mol. The van der Waals surface area contributed by atoms with Gasteiger partial charge in [0.15, 0.2) is 0 Å². The van der Waals surface area contributed by atoms with E-state index < -0.39 is 18.2 Å². The first-order chi connectivity index (χ1) is 10.9. The molecule has 0 aliphatic carbocycles. The molecule has 0 saturated heterocycles. The molecule has 0 fully saturated rings. The molecule has 1 heterocycles. The van der Waals surface area contributed by atoms with Crippen LogP contribution in [0.3, 0.4) is 0 Å². The highest BCUT2D eigenvalue weighted by Gasteiger charge is 2.29. The number of aromatic nitrogens is 1. The van der Waals surface area contributed by atoms with E-state index in [1.807, 2.05) is 19.2 Å². The van der Waals surface area contributed by atoms with Crippen LogP contribution in [-0.2, 0) is 5.54 Å². The van der Waals surface area contributed by atoms with Crippen LogP contribution in [0.25, 0.3) is 0 Å². The standard InChI is InChI=1S/C15H17F2N3O2S/c1-3-15(2,12-18-7-8-23-12)20-14(21)19-10-5-4-6-11(9-10)22-13(16)17/h4-9,13H,3H2,1-2H3,(H2,19,20,21). The summed E-state index contributed by atoms with van der Waals surface area (Å²) in [6, 6.07) is 5.38. The van der Waals surface area contributed by atoms with Crippen molar-refractivity contribution in [3.8, 4) is 5.75 Å². The molecule has 1 aromatic carbocycles. The van der Waals surface area contributed by atoms with E-state index in [2.05, 4.69) is 20.4 Å². The van der Waals surface area contributed by atoms with Gasteiger partial charge in [-0.1, -0.05) is 13.0 Å². The number of anilines is 1. The van der Waals surface area contributed by atoms with Gasteiger partial charge < -0.3 is 15.4 Å². The summed E-state index contributed by atoms with van der Waals surface area (Å²) in [5.41, 5.74) is -0.242. The Morgan fingerprint density at radius 3 is 2.87 bits per heavy atom. The highest BCUT2D eigenvalue weighted by atomic mass is 32.1. The summed E-state index contributed by atoms with van der Waals surface area (Å²) in [4.78, 5) is 16.4. The van der Waals surface area contributed by atoms with Crippen LogP contribution in [0.1, 0.15) is 25.3 Å². The number of carbonyl (C=O) groups excluding carboxylic acids is 1. The minimum Gasteiger partial charge on any atom is -0.435 e. The molecule has 2 aromatic rings. The lowest BCUT2D eigenvalue weighted by Gasteiger charge is -2.27. The third-order valence-corrected chi connectivity index (χ3v) is 4.35. The largest absolute Gasteiger partial charge is 0.435 e. The molecule has 0 bridgehead atoms. The number of halogens is 2. The maximum absolute atomic E-state index is 12.2. The summed E-state index contributed by atoms with van der Waals surface area (Å²) in [7, 11) is 0. The molecule has 0 saturated carbocycles. The number of nitrogens with zero attached hydrogens (tertiary/aromatic N) is 1. The van der Waals surface area contributed by atoms with Crippen LogP contribution in [0, 0.1) is 0 Å². The Morgan fingerprint density at radius 1 is 1.48 bits per heavy atom. The van der Waals surface area contributed by atoms with Crippen molar-refractivity contribution in [2.45, 2.75) is 32.4 Å². The first kappa shape index (κ1) is 17.1. The minimum absolute atomic E-state index is 0.0176. The van der Waals surface area contributed by atoms with Gasteiger partial charge >= 0.3 is 12.6 Å². The Balaban J connectivity index is 2.04. The van der Waals surface area contributed by atoms with Crippen LogP contribution in [0.4, 0.5) is 19.3 Å². The van der Waals surface area contributed by atoms with Crippen molar-refractivity contribution in [1.82, 2.24) is 10.3 Å². The summed E-state index contributed by atoms with van der Waals surface area (Å²) >= 11 is 1.46. The number of hydrogen-bond donors (Lipinski definition) is 2. The molecular weight excluding hydrogens is 324 g/mol. The van der Waals surface area contributed by atoms with Crippen molar-refractivity contribution < 1.29 is 18.3 Å². The van der Waals surface area contributed by atoms with Gasteiger partial charge in [0, 0.05) is 23.3 Å². The van der Waals surface area contributed by atoms with Crippen molar-refractivity contribution in [1.29, 1.82) is 0 Å². The van der Waals surface area contributed by atoms with E-state index in [4.69, 9.17) is 0 Å². The van der Waals surface area contributed by atoms with Crippen LogP contribution < -0.4 is 15.4 Å². The van der Waals surface area contributed by atoms with E-state index in [1.165, 1.54) is 29.5 Å². The smallest absolute Gasteiger partial charge is 0.387 e. The molecule has 0 spiro atoms. The average molecular weight is 341 g/mol. The Morgan fingerprint density at radius 2 is 2.26 bits per heavy atom. The molecule has 0 aliphatic rings. The topological polar surface area (TPSA) is 63.2 Å². The summed E-state index contributed by atoms with van der Waals surface area (Å²) < 4.78 is 28.7. The van der Waals surface area contributed by atoms with Crippen LogP contribution in [0.2, 0.25) is 0 Å². The Labute approximate surface area is 136 Å². The van der Waals surface area contributed by atoms with E-state index in [0.29, 0.717) is 12.1 Å². The van der Waals surface area contributed by atoms with Crippen molar-refractivity contribution in [2.75, 3.05) is 5.32 Å². The van der Waals surface area contributed by atoms with Gasteiger partial charge in [-0.2, -0.15) is 8.78 Å². The van der Waals surface area contributed by atoms with Crippen LogP contribution in [-0.4, -0.2) is 17.6 Å². The SMILES string of the molecule is CCC(C)(NC(=O)Nc1cccc(OC(F)F)c1)c1nccs1. The molecule has 2 amide bonds. The minimum atomic E-state index is -2.91. The van der Waals surface area contributed by atoms with E-state index >= 15 is 0 Å². The molecule has 2 N–H and O–H groups in total. The summed E-state index contributed by atoms with van der Waals surface area (Å²) in [5.74, 6) is -0.0176. The first-order valence-electron chi connectivity index (χ1n) is 6.97. The van der Waals surface area contributed by atoms with E-state index in [9.17, 15) is 13.6 Å². The molecule has 124 valence electrons. The normalized spacial score (nSPS) is 13.4. The van der Waals surface area contributed by atoms with Gasteiger partial charge in [-0.05, 0) is 25.5 Å². The summed E-state index contributed by atoms with van der Waals surface area (Å²) in [5, 5.41) is 8.11. The van der Waals surface area contributed by atoms with E-state index in [-0.39, 0.29) is 5.75 Å². The Bertz CT molecular complexity index is 652. The van der Waals surface area contributed by atoms with E-state index in [1.54, 1.807) is 12.3 Å². The number of carbonyl (C=O) groups is 1. The molecule has 2 rings (SSSR count). The lowest BCUT2D eigenvalue weighted by atomic mass is 10.0. The molecule has 1 unspecified atom stereocenters. The van der Waals surface area contributed by atoms with E-state index in [0.717, 1.165) is 5.01 Å². The Hall–Kier alpha value is -2.22. The summed E-state index contributed by atoms with van der Waals surface area (Å²) in [6.45, 7) is 0.910. The number of benzene rings is 1. The molecule has 0 aliphatic heterocycles. The van der Waals surface area contributed by atoms with Gasteiger partial charge in [0.25, 0.3) is 0 Å². The quantitative estimate of drug-likeness (QED) is 0.828. The zero-order valence-corrected chi connectivity index (χ0v) is 13.5. The fraction of sp³-hybridized carbons (Fsp3) is 0.333. The van der Waals surface area contributed by atoms with Gasteiger partial charge in [-0.3, -0.25) is 0 Å². The number of alkyl halides is 2. The maximum Gasteiger partial charge on any atom is 0.387 e. The zero-order chi connectivity index (χ0) is 16.9. The van der Waals surface area contributed by atoms with Crippen molar-refractivity contribution in [3.05, 3.63) is 40.8 Å². The molecule has 1 aromatic heterocycles. The second kappa shape index (κ2) is 7.36. The Kier molecular flexibility index (Phi) is 5.49. The van der Waals surface area contributed by atoms with Gasteiger partial charge in [-0.15, -0.1) is 11.3 Å². The third kappa shape index (κ3) is 4.62. The molecule has 1 atom stereocenters. The van der Waals surface area contributed by atoms with Crippen LogP contribution >= 0.6 is 11.3 Å². The van der Waals surface area contributed by atoms with Gasteiger partial charge in [0.1, 0.15) is 10.8 Å². The number of amides is 2. The van der Waals surface area contributed by atoms with Crippen molar-refractivity contribution in [3.63, 3.8) is 0 Å². The number of nitrogens with one attached hydrogen (secondary N) is 2. The fourth-order valence-electron chi connectivity index (χ4n) is 1.95. The number of ether oxygens (including phenoxy) is 1. The molecular formula is C15H17F2N3O2S. The van der Waals surface area contributed by atoms with Gasteiger partial charge in [0.05, 0.1) is 5.54 Å². The highest BCUT2D eigenvalue weighted by molar-refractivity contribution is 7.09. The van der Waals surface area contributed by atoms with Crippen LogP contribution in [0.15, 0.2) is 35.8 Å². The number of urea groups is 1. The lowest BCUT2D eigenvalue weighted by Crippen LogP contribution is -2.45. The maximum atomic E-state index is 12.2. The second-order valence-electron chi connectivity index (χ2n) is 5.01. The lowest BCUT2D eigenvalue weighted by molar-refractivity contribution is -0.0497. The van der Waals surface area contributed by atoms with Gasteiger partial charge in [-0.25, -0.2) is 9.78 Å². The monoisotopic (exact) mass is 341 g/mol. The zero-order valence-electron chi connectivity index (χ0n) is 12.7. The highest BCUT2D eigenvalue weighted by Crippen LogP contribution is 2.26. The number of hydrogen-bond acceptors (Lipinski definition) is 4. The fourth-order valence-corrected chi connectivity index (χ4v) is 2.78. The predicted octanol–water partition coefficient (Wildman–Crippen LogP) is 4.19. The van der Waals surface area contributed by atoms with Crippen molar-refractivity contribution >= 4 is 23.1 Å². The second-order valence-corrected chi connectivity index (χ2v) is 5.90. The average Bonchev–Trinajstić information content (AvgIpc) is 3.01. The van der Waals surface area contributed by atoms with Crippen LogP contribution in [0.5, 0.6) is 5.75 Å².